The lowest BCUT2D eigenvalue weighted by molar-refractivity contribution is 0.223. The molecule has 1 unspecified atom stereocenters. The minimum Gasteiger partial charge on any atom is -0.303 e. The Balaban J connectivity index is 1.53. The summed E-state index contributed by atoms with van der Waals surface area (Å²) >= 11 is 1.95. The van der Waals surface area contributed by atoms with Gasteiger partial charge in [-0.2, -0.15) is 0 Å². The Bertz CT molecular complexity index is 703. The SMILES string of the molecule is Cc1ccc2c(c1)C(CCCN1CCCCC1)c1ccccc1S2. The molecule has 1 saturated heterocycles. The monoisotopic (exact) mass is 337 g/mol. The molecule has 0 amide bonds. The second-order valence-electron chi connectivity index (χ2n) is 7.28. The van der Waals surface area contributed by atoms with E-state index in [1.807, 2.05) is 11.8 Å². The van der Waals surface area contributed by atoms with Crippen LogP contribution in [0, 0.1) is 6.92 Å². The number of piperidine rings is 1. The third-order valence-electron chi connectivity index (χ3n) is 5.47. The summed E-state index contributed by atoms with van der Waals surface area (Å²) < 4.78 is 0. The molecule has 1 atom stereocenters. The van der Waals surface area contributed by atoms with Crippen molar-refractivity contribution in [2.24, 2.45) is 0 Å². The molecule has 2 aromatic carbocycles. The maximum Gasteiger partial charge on any atom is 0.0160 e. The molecule has 0 saturated carbocycles. The van der Waals surface area contributed by atoms with Gasteiger partial charge in [0.2, 0.25) is 0 Å². The van der Waals surface area contributed by atoms with Crippen molar-refractivity contribution in [1.29, 1.82) is 0 Å². The van der Waals surface area contributed by atoms with Crippen molar-refractivity contribution in [2.45, 2.75) is 54.7 Å². The molecule has 2 aliphatic heterocycles. The fraction of sp³-hybridized carbons (Fsp3) is 0.455. The van der Waals surface area contributed by atoms with Crippen LogP contribution < -0.4 is 0 Å². The highest BCUT2D eigenvalue weighted by Gasteiger charge is 2.26. The van der Waals surface area contributed by atoms with Crippen LogP contribution in [-0.2, 0) is 0 Å². The first kappa shape index (κ1) is 16.2. The summed E-state index contributed by atoms with van der Waals surface area (Å²) in [5, 5.41) is 0. The predicted molar refractivity (Wildman–Crippen MR) is 103 cm³/mol. The molecule has 0 spiro atoms. The predicted octanol–water partition coefficient (Wildman–Crippen LogP) is 5.86. The van der Waals surface area contributed by atoms with Crippen LogP contribution in [0.2, 0.25) is 0 Å². The van der Waals surface area contributed by atoms with Crippen LogP contribution in [0.5, 0.6) is 0 Å². The molecular weight excluding hydrogens is 310 g/mol. The van der Waals surface area contributed by atoms with E-state index in [-0.39, 0.29) is 0 Å². The van der Waals surface area contributed by atoms with E-state index in [2.05, 4.69) is 54.3 Å². The molecule has 0 N–H and O–H groups in total. The van der Waals surface area contributed by atoms with Crippen molar-refractivity contribution >= 4 is 11.8 Å². The summed E-state index contributed by atoms with van der Waals surface area (Å²) in [4.78, 5) is 5.59. The standard InChI is InChI=1S/C22H27NS/c1-17-11-12-22-20(16-17)18(19-8-3-4-10-21(19)24-22)9-7-15-23-13-5-2-6-14-23/h3-4,8,10-12,16,18H,2,5-7,9,13-15H2,1H3. The van der Waals surface area contributed by atoms with Gasteiger partial charge >= 0.3 is 0 Å². The van der Waals surface area contributed by atoms with Crippen molar-refractivity contribution < 1.29 is 0 Å². The van der Waals surface area contributed by atoms with E-state index in [0.29, 0.717) is 5.92 Å². The van der Waals surface area contributed by atoms with E-state index in [1.54, 1.807) is 11.1 Å². The Morgan fingerprint density at radius 2 is 1.75 bits per heavy atom. The van der Waals surface area contributed by atoms with Crippen LogP contribution in [-0.4, -0.2) is 24.5 Å². The van der Waals surface area contributed by atoms with Crippen molar-refractivity contribution in [3.8, 4) is 0 Å². The zero-order valence-corrected chi connectivity index (χ0v) is 15.4. The molecule has 126 valence electrons. The van der Waals surface area contributed by atoms with Gasteiger partial charge in [-0.1, -0.05) is 54.1 Å². The van der Waals surface area contributed by atoms with Crippen LogP contribution in [0.4, 0.5) is 0 Å². The third kappa shape index (κ3) is 3.41. The van der Waals surface area contributed by atoms with Gasteiger partial charge in [0, 0.05) is 15.7 Å². The van der Waals surface area contributed by atoms with Gasteiger partial charge in [0.25, 0.3) is 0 Å². The number of rotatable bonds is 4. The summed E-state index contributed by atoms with van der Waals surface area (Å²) in [6.07, 6.45) is 6.79. The molecule has 1 fully saturated rings. The molecule has 2 heteroatoms. The third-order valence-corrected chi connectivity index (χ3v) is 6.65. The zero-order chi connectivity index (χ0) is 16.4. The van der Waals surface area contributed by atoms with Crippen LogP contribution >= 0.6 is 11.8 Å². The second-order valence-corrected chi connectivity index (χ2v) is 8.36. The van der Waals surface area contributed by atoms with Crippen molar-refractivity contribution in [3.05, 3.63) is 59.2 Å². The van der Waals surface area contributed by atoms with Gasteiger partial charge in [-0.05, 0) is 75.5 Å². The molecule has 24 heavy (non-hydrogen) atoms. The number of hydrogen-bond donors (Lipinski definition) is 0. The van der Waals surface area contributed by atoms with Gasteiger partial charge < -0.3 is 4.90 Å². The summed E-state index contributed by atoms with van der Waals surface area (Å²) in [7, 11) is 0. The normalized spacial score (nSPS) is 20.5. The number of aryl methyl sites for hydroxylation is 1. The highest BCUT2D eigenvalue weighted by atomic mass is 32.2. The van der Waals surface area contributed by atoms with E-state index in [1.165, 1.54) is 67.1 Å². The van der Waals surface area contributed by atoms with E-state index in [9.17, 15) is 0 Å². The van der Waals surface area contributed by atoms with Crippen molar-refractivity contribution in [1.82, 2.24) is 4.90 Å². The Kier molecular flexibility index (Phi) is 4.96. The minimum atomic E-state index is 0.571. The fourth-order valence-corrected chi connectivity index (χ4v) is 5.36. The average molecular weight is 338 g/mol. The lowest BCUT2D eigenvalue weighted by Crippen LogP contribution is -2.30. The molecular formula is C22H27NS. The number of likely N-dealkylation sites (tertiary alicyclic amines) is 1. The number of nitrogens with zero attached hydrogens (tertiary/aromatic N) is 1. The Labute approximate surface area is 150 Å². The van der Waals surface area contributed by atoms with Crippen LogP contribution in [0.1, 0.15) is 54.7 Å². The molecule has 2 aliphatic rings. The molecule has 1 nitrogen and oxygen atoms in total. The minimum absolute atomic E-state index is 0.571. The molecule has 2 heterocycles. The highest BCUT2D eigenvalue weighted by Crippen LogP contribution is 2.47. The van der Waals surface area contributed by atoms with Crippen molar-refractivity contribution in [2.75, 3.05) is 19.6 Å². The Morgan fingerprint density at radius 1 is 0.958 bits per heavy atom. The first-order chi connectivity index (χ1) is 11.8. The highest BCUT2D eigenvalue weighted by molar-refractivity contribution is 7.99. The van der Waals surface area contributed by atoms with Gasteiger partial charge in [0.1, 0.15) is 0 Å². The molecule has 0 aromatic heterocycles. The Morgan fingerprint density at radius 3 is 2.62 bits per heavy atom. The van der Waals surface area contributed by atoms with E-state index in [4.69, 9.17) is 0 Å². The lowest BCUT2D eigenvalue weighted by Gasteiger charge is -2.30. The van der Waals surface area contributed by atoms with Crippen LogP contribution in [0.3, 0.4) is 0 Å². The quantitative estimate of drug-likeness (QED) is 0.687. The summed E-state index contributed by atoms with van der Waals surface area (Å²) in [5.74, 6) is 0.571. The lowest BCUT2D eigenvalue weighted by atomic mass is 9.86. The van der Waals surface area contributed by atoms with Gasteiger partial charge in [0.05, 0.1) is 0 Å². The molecule has 0 aliphatic carbocycles. The Hall–Kier alpha value is -1.25. The maximum atomic E-state index is 2.67. The topological polar surface area (TPSA) is 3.24 Å². The number of benzene rings is 2. The average Bonchev–Trinajstić information content (AvgIpc) is 2.62. The maximum absolute atomic E-state index is 2.67. The van der Waals surface area contributed by atoms with Gasteiger partial charge in [-0.15, -0.1) is 0 Å². The smallest absolute Gasteiger partial charge is 0.0160 e. The van der Waals surface area contributed by atoms with Gasteiger partial charge in [0.15, 0.2) is 0 Å². The molecule has 0 bridgehead atoms. The van der Waals surface area contributed by atoms with Crippen LogP contribution in [0.15, 0.2) is 52.3 Å². The zero-order valence-electron chi connectivity index (χ0n) is 14.6. The van der Waals surface area contributed by atoms with E-state index < -0.39 is 0 Å². The first-order valence-electron chi connectivity index (χ1n) is 9.41. The van der Waals surface area contributed by atoms with E-state index in [0.717, 1.165) is 0 Å². The molecule has 4 rings (SSSR count). The fourth-order valence-electron chi connectivity index (χ4n) is 4.19. The summed E-state index contributed by atoms with van der Waals surface area (Å²) in [5.41, 5.74) is 4.48. The first-order valence-corrected chi connectivity index (χ1v) is 10.2. The van der Waals surface area contributed by atoms with Crippen molar-refractivity contribution in [3.63, 3.8) is 0 Å². The molecule has 0 radical (unpaired) electrons. The largest absolute Gasteiger partial charge is 0.303 e. The number of fused-ring (bicyclic) bond motifs is 2. The summed E-state index contributed by atoms with van der Waals surface area (Å²) in [6.45, 7) is 6.11. The van der Waals surface area contributed by atoms with E-state index >= 15 is 0 Å². The second kappa shape index (κ2) is 7.33. The van der Waals surface area contributed by atoms with Crippen LogP contribution in [0.25, 0.3) is 0 Å². The number of hydrogen-bond acceptors (Lipinski definition) is 2. The van der Waals surface area contributed by atoms with Gasteiger partial charge in [-0.25, -0.2) is 0 Å². The molecule has 2 aromatic rings. The summed E-state index contributed by atoms with van der Waals surface area (Å²) in [6, 6.07) is 16.0. The van der Waals surface area contributed by atoms with Gasteiger partial charge in [-0.3, -0.25) is 0 Å².